The molecular weight excluding hydrogens is 323 g/mol. The number of rotatable bonds is 5. The molecule has 0 saturated carbocycles. The number of carbonyl (C=O) groups is 2. The van der Waals surface area contributed by atoms with Crippen molar-refractivity contribution >= 4 is 11.8 Å². The number of ketones is 1. The summed E-state index contributed by atoms with van der Waals surface area (Å²) in [4.78, 5) is 23.0. The third-order valence-corrected chi connectivity index (χ3v) is 3.46. The molecule has 0 fully saturated rings. The predicted molar refractivity (Wildman–Crippen MR) is 80.6 cm³/mol. The van der Waals surface area contributed by atoms with E-state index >= 15 is 0 Å². The Labute approximate surface area is 135 Å². The van der Waals surface area contributed by atoms with E-state index in [1.54, 1.807) is 12.1 Å². The van der Waals surface area contributed by atoms with Crippen LogP contribution in [0.5, 0.6) is 0 Å². The Morgan fingerprint density at radius 2 is 1.42 bits per heavy atom. The number of carbonyl (C=O) groups excluding carboxylic acids is 1. The van der Waals surface area contributed by atoms with Crippen molar-refractivity contribution in [2.45, 2.75) is 18.6 Å². The van der Waals surface area contributed by atoms with Crippen LogP contribution in [-0.4, -0.2) is 22.9 Å². The zero-order valence-electron chi connectivity index (χ0n) is 12.4. The Morgan fingerprint density at radius 3 is 1.83 bits per heavy atom. The van der Waals surface area contributed by atoms with Crippen LogP contribution in [0.4, 0.5) is 13.2 Å². The van der Waals surface area contributed by atoms with Crippen molar-refractivity contribution in [3.05, 3.63) is 70.8 Å². The van der Waals surface area contributed by atoms with Crippen LogP contribution >= 0.6 is 0 Å². The minimum absolute atomic E-state index is 0.115. The van der Waals surface area contributed by atoms with Crippen LogP contribution in [0.2, 0.25) is 0 Å². The van der Waals surface area contributed by atoms with Gasteiger partial charge in [0.1, 0.15) is 6.04 Å². The van der Waals surface area contributed by atoms with Gasteiger partial charge in [-0.25, -0.2) is 0 Å². The lowest BCUT2D eigenvalue weighted by Gasteiger charge is -2.08. The molecule has 0 aliphatic heterocycles. The van der Waals surface area contributed by atoms with Gasteiger partial charge in [-0.15, -0.1) is 0 Å². The highest BCUT2D eigenvalue weighted by Crippen LogP contribution is 2.29. The molecule has 2 aromatic carbocycles. The number of alkyl halides is 3. The fourth-order valence-electron chi connectivity index (χ4n) is 2.11. The van der Waals surface area contributed by atoms with Crippen molar-refractivity contribution in [2.75, 3.05) is 0 Å². The summed E-state index contributed by atoms with van der Waals surface area (Å²) < 4.78 is 37.5. The van der Waals surface area contributed by atoms with Crippen molar-refractivity contribution in [3.8, 4) is 0 Å². The summed E-state index contributed by atoms with van der Waals surface area (Å²) in [5, 5.41) is 8.76. The van der Waals surface area contributed by atoms with Crippen molar-refractivity contribution in [2.24, 2.45) is 5.73 Å². The Bertz CT molecular complexity index is 737. The van der Waals surface area contributed by atoms with Gasteiger partial charge in [0.05, 0.1) is 5.56 Å². The number of hydrogen-bond acceptors (Lipinski definition) is 3. The van der Waals surface area contributed by atoms with E-state index in [2.05, 4.69) is 0 Å². The van der Waals surface area contributed by atoms with Crippen molar-refractivity contribution in [3.63, 3.8) is 0 Å². The molecule has 2 aromatic rings. The fraction of sp³-hybridized carbons (Fsp3) is 0.176. The van der Waals surface area contributed by atoms with Crippen LogP contribution in [0.15, 0.2) is 48.5 Å². The molecule has 2 rings (SSSR count). The quantitative estimate of drug-likeness (QED) is 0.822. The summed E-state index contributed by atoms with van der Waals surface area (Å²) in [6.07, 6.45) is -4.34. The van der Waals surface area contributed by atoms with Crippen molar-refractivity contribution in [1.29, 1.82) is 0 Å². The lowest BCUT2D eigenvalue weighted by Crippen LogP contribution is -2.32. The van der Waals surface area contributed by atoms with Gasteiger partial charge in [0, 0.05) is 11.1 Å². The highest BCUT2D eigenvalue weighted by atomic mass is 19.4. The standard InChI is InChI=1S/C17H14F3NO3/c18-17(19,20)13-7-5-12(6-8-13)15(22)11-3-1-10(2-4-11)9-14(21)16(23)24/h1-8,14H,9,21H2,(H,23,24). The zero-order valence-corrected chi connectivity index (χ0v) is 12.4. The molecule has 24 heavy (non-hydrogen) atoms. The molecule has 0 aliphatic rings. The second-order valence-electron chi connectivity index (χ2n) is 5.25. The van der Waals surface area contributed by atoms with E-state index in [1.165, 1.54) is 12.1 Å². The molecule has 0 heterocycles. The second-order valence-corrected chi connectivity index (χ2v) is 5.25. The minimum atomic E-state index is -4.45. The third kappa shape index (κ3) is 4.20. The van der Waals surface area contributed by atoms with Gasteiger partial charge in [-0.1, -0.05) is 36.4 Å². The largest absolute Gasteiger partial charge is 0.480 e. The molecule has 0 saturated heterocycles. The summed E-state index contributed by atoms with van der Waals surface area (Å²) in [7, 11) is 0. The van der Waals surface area contributed by atoms with Crippen molar-refractivity contribution in [1.82, 2.24) is 0 Å². The first kappa shape index (κ1) is 17.7. The predicted octanol–water partition coefficient (Wildman–Crippen LogP) is 2.89. The van der Waals surface area contributed by atoms with Gasteiger partial charge in [-0.3, -0.25) is 9.59 Å². The molecule has 0 aliphatic carbocycles. The first-order valence-corrected chi connectivity index (χ1v) is 6.98. The van der Waals surface area contributed by atoms with Gasteiger partial charge in [0.25, 0.3) is 0 Å². The van der Waals surface area contributed by atoms with E-state index in [0.29, 0.717) is 11.1 Å². The molecule has 4 nitrogen and oxygen atoms in total. The van der Waals surface area contributed by atoms with Gasteiger partial charge in [0.2, 0.25) is 0 Å². The van der Waals surface area contributed by atoms with Crippen LogP contribution in [-0.2, 0) is 17.4 Å². The maximum Gasteiger partial charge on any atom is 0.416 e. The second kappa shape index (κ2) is 6.84. The topological polar surface area (TPSA) is 80.4 Å². The number of carboxylic acid groups (broad SMARTS) is 1. The number of benzene rings is 2. The molecule has 0 radical (unpaired) electrons. The molecule has 126 valence electrons. The summed E-state index contributed by atoms with van der Waals surface area (Å²) >= 11 is 0. The number of hydrogen-bond donors (Lipinski definition) is 2. The zero-order chi connectivity index (χ0) is 17.9. The van der Waals surface area contributed by atoms with E-state index in [-0.39, 0.29) is 12.0 Å². The van der Waals surface area contributed by atoms with Crippen LogP contribution in [0.25, 0.3) is 0 Å². The third-order valence-electron chi connectivity index (χ3n) is 3.46. The maximum absolute atomic E-state index is 12.5. The molecule has 0 amide bonds. The van der Waals surface area contributed by atoms with E-state index in [0.717, 1.165) is 24.3 Å². The number of aliphatic carboxylic acids is 1. The molecule has 3 N–H and O–H groups in total. The van der Waals surface area contributed by atoms with Crippen molar-refractivity contribution < 1.29 is 27.9 Å². The van der Waals surface area contributed by atoms with Crippen LogP contribution in [0.1, 0.15) is 27.0 Å². The molecule has 0 aromatic heterocycles. The van der Waals surface area contributed by atoms with Gasteiger partial charge >= 0.3 is 12.1 Å². The average Bonchev–Trinajstić information content (AvgIpc) is 2.54. The maximum atomic E-state index is 12.5. The Hall–Kier alpha value is -2.67. The summed E-state index contributed by atoms with van der Waals surface area (Å²) in [5.74, 6) is -1.54. The fourth-order valence-corrected chi connectivity index (χ4v) is 2.11. The molecule has 0 spiro atoms. The normalized spacial score (nSPS) is 12.7. The van der Waals surface area contributed by atoms with E-state index in [9.17, 15) is 22.8 Å². The van der Waals surface area contributed by atoms with Gasteiger partial charge < -0.3 is 10.8 Å². The molecule has 0 bridgehead atoms. The van der Waals surface area contributed by atoms with Gasteiger partial charge in [-0.2, -0.15) is 13.2 Å². The molecule has 1 atom stereocenters. The number of halogens is 3. The highest BCUT2D eigenvalue weighted by Gasteiger charge is 2.30. The lowest BCUT2D eigenvalue weighted by molar-refractivity contribution is -0.139. The van der Waals surface area contributed by atoms with E-state index in [1.807, 2.05) is 0 Å². The average molecular weight is 337 g/mol. The highest BCUT2D eigenvalue weighted by molar-refractivity contribution is 6.09. The summed E-state index contributed by atoms with van der Waals surface area (Å²) in [6, 6.07) is 9.04. The Morgan fingerprint density at radius 1 is 0.958 bits per heavy atom. The Balaban J connectivity index is 2.14. The molecule has 7 heteroatoms. The first-order valence-electron chi connectivity index (χ1n) is 6.98. The smallest absolute Gasteiger partial charge is 0.416 e. The van der Waals surface area contributed by atoms with Gasteiger partial charge in [0.15, 0.2) is 5.78 Å². The summed E-state index contributed by atoms with van der Waals surface area (Å²) in [6.45, 7) is 0. The SMILES string of the molecule is NC(Cc1ccc(C(=O)c2ccc(C(F)(F)F)cc2)cc1)C(=O)O. The molecular formula is C17H14F3NO3. The van der Waals surface area contributed by atoms with Gasteiger partial charge in [-0.05, 0) is 24.1 Å². The number of nitrogens with two attached hydrogens (primary N) is 1. The molecule has 1 unspecified atom stereocenters. The van der Waals surface area contributed by atoms with Crippen LogP contribution < -0.4 is 5.73 Å². The van der Waals surface area contributed by atoms with E-state index in [4.69, 9.17) is 10.8 Å². The minimum Gasteiger partial charge on any atom is -0.480 e. The monoisotopic (exact) mass is 337 g/mol. The Kier molecular flexibility index (Phi) is 5.04. The van der Waals surface area contributed by atoms with Crippen LogP contribution in [0, 0.1) is 0 Å². The van der Waals surface area contributed by atoms with Crippen LogP contribution in [0.3, 0.4) is 0 Å². The summed E-state index contributed by atoms with van der Waals surface area (Å²) in [5.41, 5.74) is 5.68. The first-order chi connectivity index (χ1) is 11.2. The lowest BCUT2D eigenvalue weighted by atomic mass is 9.99. The number of carboxylic acids is 1. The van der Waals surface area contributed by atoms with E-state index < -0.39 is 29.5 Å².